The van der Waals surface area contributed by atoms with Gasteiger partial charge in [-0.1, -0.05) is 36.4 Å². The SMILES string of the molecule is C=CC(C)NCCCN(C)Cc1ccccc1. The minimum Gasteiger partial charge on any atom is -0.311 e. The lowest BCUT2D eigenvalue weighted by atomic mass is 10.2. The molecule has 0 bridgehead atoms. The summed E-state index contributed by atoms with van der Waals surface area (Å²) >= 11 is 0. The standard InChI is InChI=1S/C15H24N2/c1-4-14(2)16-11-8-12-17(3)13-15-9-6-5-7-10-15/h4-7,9-10,14,16H,1,8,11-13H2,2-3H3. The zero-order valence-electron chi connectivity index (χ0n) is 11.0. The molecule has 0 spiro atoms. The van der Waals surface area contributed by atoms with Gasteiger partial charge in [0, 0.05) is 12.6 Å². The second-order valence-corrected chi connectivity index (χ2v) is 4.56. The Labute approximate surface area is 105 Å². The minimum atomic E-state index is 0.412. The van der Waals surface area contributed by atoms with Crippen molar-refractivity contribution in [1.82, 2.24) is 10.2 Å². The maximum absolute atomic E-state index is 3.76. The summed E-state index contributed by atoms with van der Waals surface area (Å²) < 4.78 is 0. The van der Waals surface area contributed by atoms with Crippen LogP contribution in [0, 0.1) is 0 Å². The molecule has 1 unspecified atom stereocenters. The van der Waals surface area contributed by atoms with Gasteiger partial charge in [0.2, 0.25) is 0 Å². The van der Waals surface area contributed by atoms with Crippen LogP contribution in [0.1, 0.15) is 18.9 Å². The lowest BCUT2D eigenvalue weighted by Gasteiger charge is -2.17. The van der Waals surface area contributed by atoms with E-state index < -0.39 is 0 Å². The first-order chi connectivity index (χ1) is 8.22. The van der Waals surface area contributed by atoms with Gasteiger partial charge in [0.25, 0.3) is 0 Å². The highest BCUT2D eigenvalue weighted by Crippen LogP contribution is 2.02. The second kappa shape index (κ2) is 8.04. The smallest absolute Gasteiger partial charge is 0.0230 e. The van der Waals surface area contributed by atoms with Crippen molar-refractivity contribution >= 4 is 0 Å². The number of hydrogen-bond acceptors (Lipinski definition) is 2. The zero-order chi connectivity index (χ0) is 12.5. The van der Waals surface area contributed by atoms with Crippen molar-refractivity contribution in [3.63, 3.8) is 0 Å². The molecule has 1 rings (SSSR count). The van der Waals surface area contributed by atoms with Crippen molar-refractivity contribution in [2.75, 3.05) is 20.1 Å². The highest BCUT2D eigenvalue weighted by Gasteiger charge is 2.00. The first-order valence-electron chi connectivity index (χ1n) is 6.31. The molecule has 1 atom stereocenters. The van der Waals surface area contributed by atoms with Crippen LogP contribution in [-0.4, -0.2) is 31.1 Å². The molecule has 0 heterocycles. The fourth-order valence-corrected chi connectivity index (χ4v) is 1.74. The number of nitrogens with one attached hydrogen (secondary N) is 1. The summed E-state index contributed by atoms with van der Waals surface area (Å²) in [6.45, 7) is 9.07. The summed E-state index contributed by atoms with van der Waals surface area (Å²) in [5, 5.41) is 3.41. The third kappa shape index (κ3) is 6.25. The van der Waals surface area contributed by atoms with Gasteiger partial charge < -0.3 is 10.2 Å². The van der Waals surface area contributed by atoms with Gasteiger partial charge in [0.1, 0.15) is 0 Å². The van der Waals surface area contributed by atoms with Crippen LogP contribution in [0.2, 0.25) is 0 Å². The lowest BCUT2D eigenvalue weighted by molar-refractivity contribution is 0.319. The molecular formula is C15H24N2. The van der Waals surface area contributed by atoms with Crippen LogP contribution in [0.25, 0.3) is 0 Å². The summed E-state index contributed by atoms with van der Waals surface area (Å²) in [7, 11) is 2.17. The Balaban J connectivity index is 2.13. The largest absolute Gasteiger partial charge is 0.311 e. The first kappa shape index (κ1) is 13.9. The van der Waals surface area contributed by atoms with Crippen LogP contribution in [0.15, 0.2) is 43.0 Å². The molecule has 0 aliphatic rings. The average molecular weight is 232 g/mol. The van der Waals surface area contributed by atoms with E-state index >= 15 is 0 Å². The van der Waals surface area contributed by atoms with Crippen molar-refractivity contribution in [3.8, 4) is 0 Å². The molecular weight excluding hydrogens is 208 g/mol. The zero-order valence-corrected chi connectivity index (χ0v) is 11.0. The maximum Gasteiger partial charge on any atom is 0.0230 e. The molecule has 0 saturated heterocycles. The molecule has 0 fully saturated rings. The van der Waals surface area contributed by atoms with Crippen LogP contribution in [0.4, 0.5) is 0 Å². The van der Waals surface area contributed by atoms with Crippen molar-refractivity contribution in [1.29, 1.82) is 0 Å². The Morgan fingerprint density at radius 1 is 1.35 bits per heavy atom. The normalized spacial score (nSPS) is 12.6. The van der Waals surface area contributed by atoms with Crippen molar-refractivity contribution in [3.05, 3.63) is 48.6 Å². The van der Waals surface area contributed by atoms with Gasteiger partial charge in [-0.2, -0.15) is 0 Å². The highest BCUT2D eigenvalue weighted by atomic mass is 15.1. The van der Waals surface area contributed by atoms with E-state index in [0.29, 0.717) is 6.04 Å². The van der Waals surface area contributed by atoms with Crippen LogP contribution in [-0.2, 0) is 6.54 Å². The van der Waals surface area contributed by atoms with Crippen LogP contribution < -0.4 is 5.32 Å². The van der Waals surface area contributed by atoms with E-state index in [9.17, 15) is 0 Å². The van der Waals surface area contributed by atoms with E-state index in [-0.39, 0.29) is 0 Å². The molecule has 0 saturated carbocycles. The maximum atomic E-state index is 3.76. The molecule has 1 aromatic carbocycles. The van der Waals surface area contributed by atoms with E-state index in [4.69, 9.17) is 0 Å². The fraction of sp³-hybridized carbons (Fsp3) is 0.467. The van der Waals surface area contributed by atoms with Gasteiger partial charge in [-0.05, 0) is 39.0 Å². The van der Waals surface area contributed by atoms with Gasteiger partial charge in [0.05, 0.1) is 0 Å². The molecule has 0 aliphatic heterocycles. The summed E-state index contributed by atoms with van der Waals surface area (Å²) in [6.07, 6.45) is 3.11. The average Bonchev–Trinajstić information content (AvgIpc) is 2.35. The summed E-state index contributed by atoms with van der Waals surface area (Å²) in [5.41, 5.74) is 1.38. The Morgan fingerprint density at radius 3 is 2.71 bits per heavy atom. The van der Waals surface area contributed by atoms with Crippen LogP contribution >= 0.6 is 0 Å². The van der Waals surface area contributed by atoms with E-state index in [1.54, 1.807) is 0 Å². The van der Waals surface area contributed by atoms with Crippen molar-refractivity contribution in [2.24, 2.45) is 0 Å². The monoisotopic (exact) mass is 232 g/mol. The first-order valence-corrected chi connectivity index (χ1v) is 6.31. The molecule has 2 heteroatoms. The van der Waals surface area contributed by atoms with Crippen LogP contribution in [0.5, 0.6) is 0 Å². The molecule has 1 N–H and O–H groups in total. The Bertz CT molecular complexity index is 308. The minimum absolute atomic E-state index is 0.412. The predicted octanol–water partition coefficient (Wildman–Crippen LogP) is 2.67. The summed E-state index contributed by atoms with van der Waals surface area (Å²) in [6, 6.07) is 11.0. The quantitative estimate of drug-likeness (QED) is 0.547. The van der Waals surface area contributed by atoms with Gasteiger partial charge in [-0.15, -0.1) is 6.58 Å². The van der Waals surface area contributed by atoms with Crippen molar-refractivity contribution in [2.45, 2.75) is 25.9 Å². The van der Waals surface area contributed by atoms with Gasteiger partial charge in [-0.3, -0.25) is 0 Å². The van der Waals surface area contributed by atoms with Gasteiger partial charge in [-0.25, -0.2) is 0 Å². The molecule has 0 aromatic heterocycles. The molecule has 0 amide bonds. The van der Waals surface area contributed by atoms with E-state index in [2.05, 4.69) is 61.1 Å². The van der Waals surface area contributed by atoms with Crippen molar-refractivity contribution < 1.29 is 0 Å². The molecule has 0 aliphatic carbocycles. The topological polar surface area (TPSA) is 15.3 Å². The molecule has 1 aromatic rings. The van der Waals surface area contributed by atoms with E-state index in [1.165, 1.54) is 12.0 Å². The van der Waals surface area contributed by atoms with E-state index in [0.717, 1.165) is 19.6 Å². The summed E-state index contributed by atoms with van der Waals surface area (Å²) in [5.74, 6) is 0. The Hall–Kier alpha value is -1.12. The van der Waals surface area contributed by atoms with E-state index in [1.807, 2.05) is 6.08 Å². The Kier molecular flexibility index (Phi) is 6.60. The van der Waals surface area contributed by atoms with Gasteiger partial charge in [0.15, 0.2) is 0 Å². The number of hydrogen-bond donors (Lipinski definition) is 1. The third-order valence-electron chi connectivity index (χ3n) is 2.83. The lowest BCUT2D eigenvalue weighted by Crippen LogP contribution is -2.28. The third-order valence-corrected chi connectivity index (χ3v) is 2.83. The molecule has 0 radical (unpaired) electrons. The number of benzene rings is 1. The van der Waals surface area contributed by atoms with Crippen LogP contribution in [0.3, 0.4) is 0 Å². The highest BCUT2D eigenvalue weighted by molar-refractivity contribution is 5.14. The molecule has 2 nitrogen and oxygen atoms in total. The summed E-state index contributed by atoms with van der Waals surface area (Å²) in [4.78, 5) is 2.36. The molecule has 94 valence electrons. The number of nitrogens with zero attached hydrogens (tertiary/aromatic N) is 1. The Morgan fingerprint density at radius 2 is 2.06 bits per heavy atom. The van der Waals surface area contributed by atoms with Gasteiger partial charge >= 0.3 is 0 Å². The predicted molar refractivity (Wildman–Crippen MR) is 75.1 cm³/mol. The second-order valence-electron chi connectivity index (χ2n) is 4.56. The molecule has 17 heavy (non-hydrogen) atoms. The number of rotatable bonds is 8. The fourth-order valence-electron chi connectivity index (χ4n) is 1.74.